The molecule has 5 nitrogen and oxygen atoms in total. The van der Waals surface area contributed by atoms with Gasteiger partial charge in [0.05, 0.1) is 35.7 Å². The van der Waals surface area contributed by atoms with Crippen molar-refractivity contribution in [1.82, 2.24) is 20.0 Å². The molecule has 1 aliphatic heterocycles. The number of morpholine rings is 1. The summed E-state index contributed by atoms with van der Waals surface area (Å²) in [5.74, 6) is 0. The van der Waals surface area contributed by atoms with Crippen LogP contribution in [0, 0.1) is 0 Å². The van der Waals surface area contributed by atoms with E-state index in [0.717, 1.165) is 25.4 Å². The van der Waals surface area contributed by atoms with E-state index < -0.39 is 0 Å². The van der Waals surface area contributed by atoms with Gasteiger partial charge in [-0.2, -0.15) is 5.10 Å². The van der Waals surface area contributed by atoms with Crippen LogP contribution in [0.25, 0.3) is 0 Å². The topological polar surface area (TPSA) is 42.3 Å². The minimum atomic E-state index is 0.0570. The highest BCUT2D eigenvalue weighted by molar-refractivity contribution is 6.31. The van der Waals surface area contributed by atoms with Crippen LogP contribution in [0.5, 0.6) is 0 Å². The van der Waals surface area contributed by atoms with Gasteiger partial charge >= 0.3 is 0 Å². The van der Waals surface area contributed by atoms with Gasteiger partial charge < -0.3 is 10.1 Å². The van der Waals surface area contributed by atoms with Gasteiger partial charge in [0.2, 0.25) is 0 Å². The van der Waals surface area contributed by atoms with E-state index in [4.69, 9.17) is 16.3 Å². The van der Waals surface area contributed by atoms with Crippen LogP contribution >= 0.6 is 11.6 Å². The molecule has 0 aliphatic carbocycles. The predicted molar refractivity (Wildman–Crippen MR) is 76.5 cm³/mol. The molecule has 1 fully saturated rings. The minimum absolute atomic E-state index is 0.0570. The number of nitrogens with zero attached hydrogens (tertiary/aromatic N) is 3. The fourth-order valence-electron chi connectivity index (χ4n) is 2.64. The van der Waals surface area contributed by atoms with Crippen LogP contribution in [0.1, 0.15) is 25.6 Å². The molecule has 1 saturated heterocycles. The van der Waals surface area contributed by atoms with Gasteiger partial charge in [-0.15, -0.1) is 0 Å². The van der Waals surface area contributed by atoms with E-state index >= 15 is 0 Å². The van der Waals surface area contributed by atoms with E-state index in [1.165, 1.54) is 0 Å². The molecule has 1 aliphatic rings. The third kappa shape index (κ3) is 3.11. The van der Waals surface area contributed by atoms with Gasteiger partial charge in [0.15, 0.2) is 0 Å². The van der Waals surface area contributed by atoms with Crippen LogP contribution in [-0.4, -0.2) is 53.6 Å². The second-order valence-corrected chi connectivity index (χ2v) is 5.67. The fourth-order valence-corrected chi connectivity index (χ4v) is 2.92. The Bertz CT molecular complexity index is 401. The summed E-state index contributed by atoms with van der Waals surface area (Å²) in [4.78, 5) is 2.43. The van der Waals surface area contributed by atoms with E-state index in [-0.39, 0.29) is 12.1 Å². The lowest BCUT2D eigenvalue weighted by atomic mass is 10.0. The van der Waals surface area contributed by atoms with Crippen LogP contribution in [0.2, 0.25) is 5.02 Å². The Morgan fingerprint density at radius 2 is 2.26 bits per heavy atom. The molecule has 0 amide bonds. The number of hydrogen-bond donors (Lipinski definition) is 1. The minimum Gasteiger partial charge on any atom is -0.374 e. The van der Waals surface area contributed by atoms with Crippen molar-refractivity contribution >= 4 is 11.6 Å². The van der Waals surface area contributed by atoms with Crippen molar-refractivity contribution in [2.45, 2.75) is 32.0 Å². The van der Waals surface area contributed by atoms with E-state index in [0.29, 0.717) is 11.1 Å². The van der Waals surface area contributed by atoms with Crippen molar-refractivity contribution in [3.8, 4) is 0 Å². The summed E-state index contributed by atoms with van der Waals surface area (Å²) in [6, 6.07) is 0.590. The Hall–Kier alpha value is -0.620. The van der Waals surface area contributed by atoms with Crippen LogP contribution in [0.4, 0.5) is 0 Å². The zero-order valence-corrected chi connectivity index (χ0v) is 12.8. The maximum absolute atomic E-state index is 6.24. The lowest BCUT2D eigenvalue weighted by Gasteiger charge is -2.38. The molecule has 0 bridgehead atoms. The quantitative estimate of drug-likeness (QED) is 0.910. The fraction of sp³-hybridized carbons (Fsp3) is 0.769. The first kappa shape index (κ1) is 14.8. The highest BCUT2D eigenvalue weighted by atomic mass is 35.5. The Morgan fingerprint density at radius 1 is 1.53 bits per heavy atom. The number of aromatic nitrogens is 2. The Balaban J connectivity index is 2.18. The second kappa shape index (κ2) is 6.22. The molecule has 2 unspecified atom stereocenters. The zero-order chi connectivity index (χ0) is 14.0. The van der Waals surface area contributed by atoms with Crippen molar-refractivity contribution < 1.29 is 4.74 Å². The van der Waals surface area contributed by atoms with E-state index in [1.807, 2.05) is 18.8 Å². The zero-order valence-electron chi connectivity index (χ0n) is 12.1. The molecule has 6 heteroatoms. The van der Waals surface area contributed by atoms with Crippen LogP contribution in [0.3, 0.4) is 0 Å². The lowest BCUT2D eigenvalue weighted by molar-refractivity contribution is -0.0561. The number of halogens is 1. The molecule has 2 atom stereocenters. The first-order valence-electron chi connectivity index (χ1n) is 6.75. The molecule has 1 aromatic rings. The number of ether oxygens (including phenoxy) is 1. The monoisotopic (exact) mass is 286 g/mol. The van der Waals surface area contributed by atoms with Crippen LogP contribution in [0.15, 0.2) is 6.20 Å². The summed E-state index contributed by atoms with van der Waals surface area (Å²) in [6.45, 7) is 7.09. The number of likely N-dealkylation sites (N-methyl/N-ethyl adjacent to an activating group) is 1. The molecular formula is C13H23ClN4O. The standard InChI is InChI=1S/C13H23ClN4O/c1-9(2)18-5-6-19-11(8-18)12(15-3)13-10(14)7-16-17(13)4/h7,9,11-12,15H,5-6,8H2,1-4H3. The third-order valence-corrected chi connectivity index (χ3v) is 4.06. The molecule has 2 heterocycles. The molecule has 0 saturated carbocycles. The van der Waals surface area contributed by atoms with Crippen molar-refractivity contribution in [3.63, 3.8) is 0 Å². The normalized spacial score (nSPS) is 22.9. The lowest BCUT2D eigenvalue weighted by Crippen LogP contribution is -2.50. The van der Waals surface area contributed by atoms with Gasteiger partial charge in [-0.3, -0.25) is 9.58 Å². The SMILES string of the molecule is CNC(c1c(Cl)cnn1C)C1CN(C(C)C)CCO1. The molecule has 0 aromatic carbocycles. The van der Waals surface area contributed by atoms with E-state index in [9.17, 15) is 0 Å². The average Bonchev–Trinajstić information content (AvgIpc) is 2.72. The number of hydrogen-bond acceptors (Lipinski definition) is 4. The number of nitrogens with one attached hydrogen (secondary N) is 1. The average molecular weight is 287 g/mol. The van der Waals surface area contributed by atoms with Crippen LogP contribution in [-0.2, 0) is 11.8 Å². The predicted octanol–water partition coefficient (Wildman–Crippen LogP) is 1.44. The maximum atomic E-state index is 6.24. The van der Waals surface area contributed by atoms with Gasteiger partial charge in [0.1, 0.15) is 0 Å². The first-order valence-corrected chi connectivity index (χ1v) is 7.12. The Morgan fingerprint density at radius 3 is 2.79 bits per heavy atom. The molecule has 2 rings (SSSR count). The maximum Gasteiger partial charge on any atom is 0.0912 e. The second-order valence-electron chi connectivity index (χ2n) is 5.27. The van der Waals surface area contributed by atoms with E-state index in [1.54, 1.807) is 6.20 Å². The van der Waals surface area contributed by atoms with Gasteiger partial charge in [-0.1, -0.05) is 11.6 Å². The van der Waals surface area contributed by atoms with Gasteiger partial charge in [0.25, 0.3) is 0 Å². The summed E-state index contributed by atoms with van der Waals surface area (Å²) < 4.78 is 7.76. The summed E-state index contributed by atoms with van der Waals surface area (Å²) in [7, 11) is 3.85. The smallest absolute Gasteiger partial charge is 0.0912 e. The Labute approximate surface area is 119 Å². The van der Waals surface area contributed by atoms with Crippen molar-refractivity contribution in [2.75, 3.05) is 26.7 Å². The number of aryl methyl sites for hydroxylation is 1. The summed E-state index contributed by atoms with van der Waals surface area (Å²) in [5.41, 5.74) is 0.986. The first-order chi connectivity index (χ1) is 9.04. The van der Waals surface area contributed by atoms with Crippen molar-refractivity contribution in [3.05, 3.63) is 16.9 Å². The van der Waals surface area contributed by atoms with Crippen LogP contribution < -0.4 is 5.32 Å². The molecular weight excluding hydrogens is 264 g/mol. The molecule has 0 spiro atoms. The molecule has 1 N–H and O–H groups in total. The van der Waals surface area contributed by atoms with Gasteiger partial charge in [-0.25, -0.2) is 0 Å². The summed E-state index contributed by atoms with van der Waals surface area (Å²) >= 11 is 6.24. The largest absolute Gasteiger partial charge is 0.374 e. The summed E-state index contributed by atoms with van der Waals surface area (Å²) in [6.07, 6.45) is 1.78. The molecule has 0 radical (unpaired) electrons. The summed E-state index contributed by atoms with van der Waals surface area (Å²) in [5, 5.41) is 8.22. The van der Waals surface area contributed by atoms with Gasteiger partial charge in [0, 0.05) is 26.2 Å². The van der Waals surface area contributed by atoms with E-state index in [2.05, 4.69) is 29.2 Å². The highest BCUT2D eigenvalue weighted by Gasteiger charge is 2.32. The van der Waals surface area contributed by atoms with Gasteiger partial charge in [-0.05, 0) is 20.9 Å². The van der Waals surface area contributed by atoms with Crippen molar-refractivity contribution in [1.29, 1.82) is 0 Å². The molecule has 19 heavy (non-hydrogen) atoms. The van der Waals surface area contributed by atoms with Crippen molar-refractivity contribution in [2.24, 2.45) is 7.05 Å². The molecule has 108 valence electrons. The highest BCUT2D eigenvalue weighted by Crippen LogP contribution is 2.28. The Kier molecular flexibility index (Phi) is 4.84. The molecule has 1 aromatic heterocycles. The number of rotatable bonds is 4. The third-order valence-electron chi connectivity index (χ3n) is 3.77.